The number of rotatable bonds is 5. The van der Waals surface area contributed by atoms with Crippen molar-refractivity contribution >= 4 is 5.91 Å². The molecule has 1 N–H and O–H groups in total. The third kappa shape index (κ3) is 3.31. The molecule has 1 aromatic heterocycles. The van der Waals surface area contributed by atoms with Gasteiger partial charge in [0.05, 0.1) is 19.3 Å². The van der Waals surface area contributed by atoms with Gasteiger partial charge in [-0.3, -0.25) is 4.79 Å². The van der Waals surface area contributed by atoms with Crippen LogP contribution in [0.1, 0.15) is 18.5 Å². The van der Waals surface area contributed by atoms with Crippen LogP contribution in [-0.2, 0) is 11.3 Å². The lowest BCUT2D eigenvalue weighted by molar-refractivity contribution is -0.122. The number of benzene rings is 1. The van der Waals surface area contributed by atoms with E-state index in [1.165, 1.54) is 10.9 Å². The molecule has 6 nitrogen and oxygen atoms in total. The average Bonchev–Trinajstić information content (AvgIpc) is 2.91. The van der Waals surface area contributed by atoms with Crippen molar-refractivity contribution in [3.05, 3.63) is 42.2 Å². The smallest absolute Gasteiger partial charge is 0.242 e. The Morgan fingerprint density at radius 3 is 2.95 bits per heavy atom. The number of carbonyl (C=O) groups excluding carboxylic acids is 1. The van der Waals surface area contributed by atoms with Gasteiger partial charge >= 0.3 is 0 Å². The highest BCUT2D eigenvalue weighted by atomic mass is 16.5. The van der Waals surface area contributed by atoms with E-state index in [4.69, 9.17) is 4.74 Å². The summed E-state index contributed by atoms with van der Waals surface area (Å²) in [7, 11) is 1.61. The lowest BCUT2D eigenvalue weighted by atomic mass is 10.1. The molecule has 0 aliphatic rings. The molecule has 1 heterocycles. The summed E-state index contributed by atoms with van der Waals surface area (Å²) in [5, 5.41) is 10.3. The summed E-state index contributed by atoms with van der Waals surface area (Å²) < 4.78 is 6.75. The summed E-state index contributed by atoms with van der Waals surface area (Å²) in [6.07, 6.45) is 3.18. The van der Waals surface area contributed by atoms with Crippen LogP contribution in [0, 0.1) is 0 Å². The molecule has 19 heavy (non-hydrogen) atoms. The number of ether oxygens (including phenoxy) is 1. The van der Waals surface area contributed by atoms with Gasteiger partial charge in [0.25, 0.3) is 0 Å². The molecule has 1 atom stereocenters. The summed E-state index contributed by atoms with van der Waals surface area (Å²) in [6, 6.07) is 7.48. The molecule has 2 rings (SSSR count). The Labute approximate surface area is 111 Å². The first-order chi connectivity index (χ1) is 9.20. The maximum atomic E-state index is 11.9. The van der Waals surface area contributed by atoms with Gasteiger partial charge in [-0.05, 0) is 13.0 Å². The van der Waals surface area contributed by atoms with Crippen LogP contribution in [-0.4, -0.2) is 28.0 Å². The number of carbonyl (C=O) groups is 1. The molecule has 0 bridgehead atoms. The third-order valence-corrected chi connectivity index (χ3v) is 2.76. The number of hydrogen-bond acceptors (Lipinski definition) is 4. The lowest BCUT2D eigenvalue weighted by Gasteiger charge is -2.17. The number of hydrogen-bond donors (Lipinski definition) is 1. The Hall–Kier alpha value is -2.37. The van der Waals surface area contributed by atoms with Gasteiger partial charge in [0, 0.05) is 11.8 Å². The molecule has 1 aromatic carbocycles. The normalized spacial score (nSPS) is 11.9. The Morgan fingerprint density at radius 2 is 2.26 bits per heavy atom. The van der Waals surface area contributed by atoms with E-state index in [2.05, 4.69) is 15.6 Å². The van der Waals surface area contributed by atoms with Crippen LogP contribution in [0.15, 0.2) is 36.7 Å². The number of methoxy groups -OCH3 is 1. The minimum atomic E-state index is -0.132. The highest BCUT2D eigenvalue weighted by Gasteiger charge is 2.13. The summed E-state index contributed by atoms with van der Waals surface area (Å²) in [5.41, 5.74) is 0.942. The number of amides is 1. The molecule has 0 fully saturated rings. The highest BCUT2D eigenvalue weighted by molar-refractivity contribution is 5.76. The average molecular weight is 260 g/mol. The molecule has 0 spiro atoms. The first-order valence-corrected chi connectivity index (χ1v) is 5.97. The van der Waals surface area contributed by atoms with Gasteiger partial charge in [-0.2, -0.15) is 0 Å². The predicted octanol–water partition coefficient (Wildman–Crippen LogP) is 1.16. The van der Waals surface area contributed by atoms with Crippen molar-refractivity contribution in [1.29, 1.82) is 0 Å². The second-order valence-corrected chi connectivity index (χ2v) is 4.13. The number of nitrogens with zero attached hydrogens (tertiary/aromatic N) is 3. The number of nitrogens with one attached hydrogen (secondary N) is 1. The fraction of sp³-hybridized carbons (Fsp3) is 0.308. The van der Waals surface area contributed by atoms with Gasteiger partial charge in [0.15, 0.2) is 0 Å². The van der Waals surface area contributed by atoms with E-state index in [0.717, 1.165) is 11.3 Å². The Bertz CT molecular complexity index is 539. The molecule has 0 aliphatic carbocycles. The van der Waals surface area contributed by atoms with Crippen LogP contribution >= 0.6 is 0 Å². The van der Waals surface area contributed by atoms with Crippen LogP contribution in [0.2, 0.25) is 0 Å². The van der Waals surface area contributed by atoms with Gasteiger partial charge in [-0.1, -0.05) is 23.4 Å². The molecule has 1 amide bonds. The fourth-order valence-corrected chi connectivity index (χ4v) is 1.85. The minimum absolute atomic E-state index is 0.121. The second-order valence-electron chi connectivity index (χ2n) is 4.13. The zero-order valence-electron chi connectivity index (χ0n) is 10.9. The van der Waals surface area contributed by atoms with E-state index in [9.17, 15) is 4.79 Å². The Morgan fingerprint density at radius 1 is 1.47 bits per heavy atom. The van der Waals surface area contributed by atoms with Crippen molar-refractivity contribution in [2.75, 3.05) is 7.11 Å². The maximum absolute atomic E-state index is 11.9. The monoisotopic (exact) mass is 260 g/mol. The fourth-order valence-electron chi connectivity index (χ4n) is 1.85. The second kappa shape index (κ2) is 5.99. The standard InChI is InChI=1S/C13H16N4O2/c1-10(11-5-3-4-6-12(11)19-2)15-13(18)9-17-8-7-14-16-17/h3-8,10H,9H2,1-2H3,(H,15,18). The molecular weight excluding hydrogens is 244 g/mol. The highest BCUT2D eigenvalue weighted by Crippen LogP contribution is 2.24. The lowest BCUT2D eigenvalue weighted by Crippen LogP contribution is -2.30. The minimum Gasteiger partial charge on any atom is -0.496 e. The third-order valence-electron chi connectivity index (χ3n) is 2.76. The van der Waals surface area contributed by atoms with Crippen molar-refractivity contribution < 1.29 is 9.53 Å². The van der Waals surface area contributed by atoms with Gasteiger partial charge in [0.2, 0.25) is 5.91 Å². The molecule has 0 aliphatic heterocycles. The molecule has 2 aromatic rings. The van der Waals surface area contributed by atoms with E-state index in [1.54, 1.807) is 13.3 Å². The molecule has 0 saturated heterocycles. The summed E-state index contributed by atoms with van der Waals surface area (Å²) in [4.78, 5) is 11.9. The first-order valence-electron chi connectivity index (χ1n) is 5.97. The van der Waals surface area contributed by atoms with Crippen LogP contribution in [0.4, 0.5) is 0 Å². The van der Waals surface area contributed by atoms with Gasteiger partial charge in [-0.25, -0.2) is 4.68 Å². The molecule has 0 radical (unpaired) electrons. The molecule has 100 valence electrons. The van der Waals surface area contributed by atoms with E-state index in [0.29, 0.717) is 0 Å². The van der Waals surface area contributed by atoms with Gasteiger partial charge < -0.3 is 10.1 Å². The molecule has 0 saturated carbocycles. The van der Waals surface area contributed by atoms with Crippen LogP contribution < -0.4 is 10.1 Å². The van der Waals surface area contributed by atoms with Crippen molar-refractivity contribution in [2.45, 2.75) is 19.5 Å². The van der Waals surface area contributed by atoms with Crippen molar-refractivity contribution in [3.63, 3.8) is 0 Å². The van der Waals surface area contributed by atoms with Crippen LogP contribution in [0.3, 0.4) is 0 Å². The number of para-hydroxylation sites is 1. The van der Waals surface area contributed by atoms with E-state index in [1.807, 2.05) is 31.2 Å². The largest absolute Gasteiger partial charge is 0.496 e. The first kappa shape index (κ1) is 13.1. The SMILES string of the molecule is COc1ccccc1C(C)NC(=O)Cn1ccnn1. The Kier molecular flexibility index (Phi) is 4.12. The predicted molar refractivity (Wildman–Crippen MR) is 69.6 cm³/mol. The zero-order chi connectivity index (χ0) is 13.7. The van der Waals surface area contributed by atoms with Gasteiger partial charge in [-0.15, -0.1) is 5.10 Å². The van der Waals surface area contributed by atoms with E-state index in [-0.39, 0.29) is 18.5 Å². The Balaban J connectivity index is 2.00. The van der Waals surface area contributed by atoms with Crippen molar-refractivity contribution in [1.82, 2.24) is 20.3 Å². The van der Waals surface area contributed by atoms with Crippen LogP contribution in [0.5, 0.6) is 5.75 Å². The molecule has 6 heteroatoms. The molecular formula is C13H16N4O2. The quantitative estimate of drug-likeness (QED) is 0.876. The molecule has 1 unspecified atom stereocenters. The summed E-state index contributed by atoms with van der Waals surface area (Å²) >= 11 is 0. The number of aromatic nitrogens is 3. The zero-order valence-corrected chi connectivity index (χ0v) is 10.9. The van der Waals surface area contributed by atoms with E-state index < -0.39 is 0 Å². The van der Waals surface area contributed by atoms with E-state index >= 15 is 0 Å². The van der Waals surface area contributed by atoms with Crippen molar-refractivity contribution in [2.24, 2.45) is 0 Å². The van der Waals surface area contributed by atoms with Crippen LogP contribution in [0.25, 0.3) is 0 Å². The summed E-state index contributed by atoms with van der Waals surface area (Å²) in [6.45, 7) is 2.07. The summed E-state index contributed by atoms with van der Waals surface area (Å²) in [5.74, 6) is 0.639. The maximum Gasteiger partial charge on any atom is 0.242 e. The topological polar surface area (TPSA) is 69.0 Å². The van der Waals surface area contributed by atoms with Crippen molar-refractivity contribution in [3.8, 4) is 5.75 Å². The van der Waals surface area contributed by atoms with Gasteiger partial charge in [0.1, 0.15) is 12.3 Å².